The van der Waals surface area contributed by atoms with Crippen LogP contribution < -0.4 is 11.1 Å². The van der Waals surface area contributed by atoms with Gasteiger partial charge in [-0.1, -0.05) is 18.2 Å². The number of nitrogens with one attached hydrogen (secondary N) is 1. The van der Waals surface area contributed by atoms with E-state index in [0.29, 0.717) is 12.1 Å². The highest BCUT2D eigenvalue weighted by molar-refractivity contribution is 7.10. The smallest absolute Gasteiger partial charge is 0.248 e. The average Bonchev–Trinajstić information content (AvgIpc) is 2.96. The lowest BCUT2D eigenvalue weighted by molar-refractivity contribution is -0.116. The van der Waals surface area contributed by atoms with E-state index >= 15 is 0 Å². The minimum absolute atomic E-state index is 0.178. The van der Waals surface area contributed by atoms with Gasteiger partial charge in [-0.25, -0.2) is 0 Å². The number of thiophene rings is 1. The lowest BCUT2D eigenvalue weighted by Gasteiger charge is -2.04. The van der Waals surface area contributed by atoms with Crippen LogP contribution in [-0.4, -0.2) is 11.8 Å². The van der Waals surface area contributed by atoms with E-state index < -0.39 is 5.91 Å². The van der Waals surface area contributed by atoms with Crippen LogP contribution in [0.25, 0.3) is 6.08 Å². The zero-order chi connectivity index (χ0) is 14.4. The lowest BCUT2D eigenvalue weighted by atomic mass is 10.1. The second-order valence-corrected chi connectivity index (χ2v) is 5.11. The van der Waals surface area contributed by atoms with E-state index in [4.69, 9.17) is 5.73 Å². The highest BCUT2D eigenvalue weighted by atomic mass is 32.1. The minimum Gasteiger partial charge on any atom is -0.366 e. The monoisotopic (exact) mass is 286 g/mol. The number of carbonyl (C=O) groups is 2. The Balaban J connectivity index is 1.90. The molecule has 0 aliphatic carbocycles. The number of hydrogen-bond acceptors (Lipinski definition) is 3. The Kier molecular flexibility index (Phi) is 4.68. The highest BCUT2D eigenvalue weighted by Crippen LogP contribution is 2.10. The van der Waals surface area contributed by atoms with Gasteiger partial charge in [0.1, 0.15) is 0 Å². The molecule has 5 heteroatoms. The molecular weight excluding hydrogens is 272 g/mol. The molecule has 0 unspecified atom stereocenters. The van der Waals surface area contributed by atoms with Gasteiger partial charge in [0.25, 0.3) is 0 Å². The Morgan fingerprint density at radius 2 is 2.10 bits per heavy atom. The summed E-state index contributed by atoms with van der Waals surface area (Å²) in [6, 6.07) is 10.7. The van der Waals surface area contributed by atoms with E-state index in [-0.39, 0.29) is 5.91 Å². The molecule has 0 radical (unpaired) electrons. The van der Waals surface area contributed by atoms with Crippen LogP contribution in [0, 0.1) is 0 Å². The molecule has 2 aromatic rings. The molecule has 102 valence electrons. The molecule has 0 saturated heterocycles. The van der Waals surface area contributed by atoms with Gasteiger partial charge < -0.3 is 11.1 Å². The molecule has 0 aliphatic heterocycles. The van der Waals surface area contributed by atoms with Gasteiger partial charge in [-0.2, -0.15) is 0 Å². The Hall–Kier alpha value is -2.40. The van der Waals surface area contributed by atoms with Crippen molar-refractivity contribution in [2.45, 2.75) is 6.54 Å². The summed E-state index contributed by atoms with van der Waals surface area (Å²) < 4.78 is 0. The number of rotatable bonds is 5. The summed E-state index contributed by atoms with van der Waals surface area (Å²) in [5.74, 6) is -0.654. The summed E-state index contributed by atoms with van der Waals surface area (Å²) in [4.78, 5) is 23.7. The molecule has 1 heterocycles. The standard InChI is InChI=1S/C15H14N2O2S/c16-15(19)12-4-1-3-11(9-12)10-17-14(18)7-6-13-5-2-8-20-13/h1-9H,10H2,(H2,16,19)(H,17,18)/b7-6+. The van der Waals surface area contributed by atoms with E-state index in [0.717, 1.165) is 10.4 Å². The molecule has 0 aliphatic rings. The summed E-state index contributed by atoms with van der Waals surface area (Å²) in [6.45, 7) is 0.356. The Bertz CT molecular complexity index is 633. The fraction of sp³-hybridized carbons (Fsp3) is 0.0667. The van der Waals surface area contributed by atoms with E-state index in [9.17, 15) is 9.59 Å². The van der Waals surface area contributed by atoms with Gasteiger partial charge in [0.2, 0.25) is 11.8 Å². The number of carbonyl (C=O) groups excluding carboxylic acids is 2. The molecule has 1 aromatic heterocycles. The zero-order valence-corrected chi connectivity index (χ0v) is 11.5. The summed E-state index contributed by atoms with van der Waals surface area (Å²) in [6.07, 6.45) is 3.25. The Morgan fingerprint density at radius 1 is 1.25 bits per heavy atom. The fourth-order valence-electron chi connectivity index (χ4n) is 1.63. The van der Waals surface area contributed by atoms with E-state index in [1.165, 1.54) is 6.08 Å². The fourth-order valence-corrected chi connectivity index (χ4v) is 2.24. The minimum atomic E-state index is -0.476. The predicted molar refractivity (Wildman–Crippen MR) is 80.2 cm³/mol. The van der Waals surface area contributed by atoms with Crippen molar-refractivity contribution in [1.82, 2.24) is 5.32 Å². The van der Waals surface area contributed by atoms with Crippen LogP contribution in [0.15, 0.2) is 47.9 Å². The molecule has 0 fully saturated rings. The largest absolute Gasteiger partial charge is 0.366 e. The van der Waals surface area contributed by atoms with E-state index in [2.05, 4.69) is 5.32 Å². The molecular formula is C15H14N2O2S. The topological polar surface area (TPSA) is 72.2 Å². The summed E-state index contributed by atoms with van der Waals surface area (Å²) in [7, 11) is 0. The van der Waals surface area contributed by atoms with Crippen LogP contribution in [0.1, 0.15) is 20.8 Å². The first-order valence-corrected chi connectivity index (χ1v) is 6.91. The number of primary amides is 1. The van der Waals surface area contributed by atoms with Gasteiger partial charge in [-0.3, -0.25) is 9.59 Å². The van der Waals surface area contributed by atoms with Crippen molar-refractivity contribution in [2.24, 2.45) is 5.73 Å². The third kappa shape index (κ3) is 4.07. The molecule has 4 nitrogen and oxygen atoms in total. The Labute approximate surface area is 120 Å². The number of nitrogens with two attached hydrogens (primary N) is 1. The zero-order valence-electron chi connectivity index (χ0n) is 10.7. The number of benzene rings is 1. The molecule has 0 bridgehead atoms. The number of amides is 2. The maximum atomic E-state index is 11.6. The Morgan fingerprint density at radius 3 is 2.80 bits per heavy atom. The van der Waals surface area contributed by atoms with Crippen molar-refractivity contribution in [1.29, 1.82) is 0 Å². The van der Waals surface area contributed by atoms with Crippen molar-refractivity contribution < 1.29 is 9.59 Å². The molecule has 0 spiro atoms. The predicted octanol–water partition coefficient (Wildman–Crippen LogP) is 2.18. The van der Waals surface area contributed by atoms with E-state index in [1.807, 2.05) is 23.6 Å². The second-order valence-electron chi connectivity index (χ2n) is 4.13. The van der Waals surface area contributed by atoms with Crippen LogP contribution in [0.4, 0.5) is 0 Å². The summed E-state index contributed by atoms with van der Waals surface area (Å²) >= 11 is 1.57. The van der Waals surface area contributed by atoms with Gasteiger partial charge >= 0.3 is 0 Å². The first-order chi connectivity index (χ1) is 9.65. The normalized spacial score (nSPS) is 10.6. The molecule has 2 rings (SSSR count). The maximum Gasteiger partial charge on any atom is 0.248 e. The molecule has 0 atom stereocenters. The first kappa shape index (κ1) is 14.0. The van der Waals surface area contributed by atoms with Gasteiger partial charge in [-0.15, -0.1) is 11.3 Å². The van der Waals surface area contributed by atoms with E-state index in [1.54, 1.807) is 35.6 Å². The quantitative estimate of drug-likeness (QED) is 0.827. The van der Waals surface area contributed by atoms with Crippen molar-refractivity contribution in [3.63, 3.8) is 0 Å². The van der Waals surface area contributed by atoms with Crippen molar-refractivity contribution in [3.05, 3.63) is 63.9 Å². The van der Waals surface area contributed by atoms with Crippen LogP contribution in [0.5, 0.6) is 0 Å². The molecule has 2 amide bonds. The van der Waals surface area contributed by atoms with Gasteiger partial charge in [0.05, 0.1) is 0 Å². The summed E-state index contributed by atoms with van der Waals surface area (Å²) in [5, 5.41) is 4.71. The van der Waals surface area contributed by atoms with Crippen LogP contribution in [0.2, 0.25) is 0 Å². The second kappa shape index (κ2) is 6.68. The maximum absolute atomic E-state index is 11.6. The van der Waals surface area contributed by atoms with Crippen molar-refractivity contribution >= 4 is 29.2 Å². The molecule has 0 saturated carbocycles. The van der Waals surface area contributed by atoms with Crippen LogP contribution in [0.3, 0.4) is 0 Å². The molecule has 20 heavy (non-hydrogen) atoms. The van der Waals surface area contributed by atoms with Crippen molar-refractivity contribution in [2.75, 3.05) is 0 Å². The van der Waals surface area contributed by atoms with Crippen molar-refractivity contribution in [3.8, 4) is 0 Å². The van der Waals surface area contributed by atoms with Crippen LogP contribution in [-0.2, 0) is 11.3 Å². The van der Waals surface area contributed by atoms with Gasteiger partial charge in [0, 0.05) is 23.1 Å². The van der Waals surface area contributed by atoms with Gasteiger partial charge in [-0.05, 0) is 35.2 Å². The summed E-state index contributed by atoms with van der Waals surface area (Å²) in [5.41, 5.74) is 6.47. The van der Waals surface area contributed by atoms with Gasteiger partial charge in [0.15, 0.2) is 0 Å². The SMILES string of the molecule is NC(=O)c1cccc(CNC(=O)/C=C/c2cccs2)c1. The highest BCUT2D eigenvalue weighted by Gasteiger charge is 2.02. The third-order valence-corrected chi connectivity index (χ3v) is 3.46. The average molecular weight is 286 g/mol. The molecule has 3 N–H and O–H groups in total. The third-order valence-electron chi connectivity index (χ3n) is 2.62. The molecule has 1 aromatic carbocycles. The van der Waals surface area contributed by atoms with Crippen LogP contribution >= 0.6 is 11.3 Å². The lowest BCUT2D eigenvalue weighted by Crippen LogP contribution is -2.20. The first-order valence-electron chi connectivity index (χ1n) is 6.03. The number of hydrogen-bond donors (Lipinski definition) is 2.